The number of Topliss-reactive ketones (excluding diaryl/α,β-unsaturated/α-hetero) is 1. The number of amides is 1. The molecule has 1 amide bonds. The van der Waals surface area contributed by atoms with Crippen molar-refractivity contribution < 1.29 is 9.59 Å². The van der Waals surface area contributed by atoms with Gasteiger partial charge in [-0.25, -0.2) is 0 Å². The van der Waals surface area contributed by atoms with Gasteiger partial charge >= 0.3 is 0 Å². The summed E-state index contributed by atoms with van der Waals surface area (Å²) in [4.78, 5) is 21.7. The van der Waals surface area contributed by atoms with Crippen molar-refractivity contribution in [1.82, 2.24) is 0 Å². The Kier molecular flexibility index (Phi) is 5.34. The van der Waals surface area contributed by atoms with Gasteiger partial charge in [0.15, 0.2) is 0 Å². The molecule has 0 aromatic carbocycles. The Balaban J connectivity index is 3.65. The molecule has 1 unspecified atom stereocenters. The summed E-state index contributed by atoms with van der Waals surface area (Å²) in [7, 11) is 0. The highest BCUT2D eigenvalue weighted by Crippen LogP contribution is 2.05. The molecule has 0 bridgehead atoms. The van der Waals surface area contributed by atoms with Gasteiger partial charge in [0.25, 0.3) is 0 Å². The Labute approximate surface area is 73.3 Å². The molecule has 70 valence electrons. The van der Waals surface area contributed by atoms with Crippen LogP contribution >= 0.6 is 0 Å². The van der Waals surface area contributed by atoms with Crippen LogP contribution in [0, 0.1) is 5.92 Å². The van der Waals surface area contributed by atoms with Gasteiger partial charge < -0.3 is 5.73 Å². The molecule has 0 aromatic rings. The number of nitrogens with two attached hydrogens (primary N) is 1. The second-order valence-electron chi connectivity index (χ2n) is 3.05. The highest BCUT2D eigenvalue weighted by molar-refractivity contribution is 6.00. The van der Waals surface area contributed by atoms with Gasteiger partial charge in [-0.15, -0.1) is 0 Å². The maximum absolute atomic E-state index is 11.2. The van der Waals surface area contributed by atoms with Crippen LogP contribution in [0.1, 0.15) is 39.5 Å². The smallest absolute Gasteiger partial charge is 0.227 e. The first-order chi connectivity index (χ1) is 5.59. The zero-order valence-electron chi connectivity index (χ0n) is 7.80. The maximum atomic E-state index is 11.2. The van der Waals surface area contributed by atoms with Crippen LogP contribution in [-0.2, 0) is 9.59 Å². The van der Waals surface area contributed by atoms with E-state index in [1.807, 2.05) is 0 Å². The minimum absolute atomic E-state index is 0.0315. The molecule has 0 aliphatic carbocycles. The van der Waals surface area contributed by atoms with Crippen LogP contribution in [-0.4, -0.2) is 11.7 Å². The molecule has 0 radical (unpaired) electrons. The van der Waals surface area contributed by atoms with E-state index in [0.717, 1.165) is 19.3 Å². The summed E-state index contributed by atoms with van der Waals surface area (Å²) < 4.78 is 0. The zero-order chi connectivity index (χ0) is 9.56. The lowest BCUT2D eigenvalue weighted by Gasteiger charge is -2.04. The van der Waals surface area contributed by atoms with Crippen LogP contribution in [0.3, 0.4) is 0 Å². The lowest BCUT2D eigenvalue weighted by molar-refractivity contribution is -0.131. The minimum atomic E-state index is -0.609. The largest absolute Gasteiger partial charge is 0.369 e. The molecule has 1 atom stereocenters. The molecule has 0 rings (SSSR count). The molecule has 12 heavy (non-hydrogen) atoms. The molecule has 0 heterocycles. The van der Waals surface area contributed by atoms with Gasteiger partial charge in [0.1, 0.15) is 5.78 Å². The van der Waals surface area contributed by atoms with E-state index >= 15 is 0 Å². The predicted molar refractivity (Wildman–Crippen MR) is 47.5 cm³/mol. The topological polar surface area (TPSA) is 60.2 Å². The molecule has 0 spiro atoms. The quantitative estimate of drug-likeness (QED) is 0.483. The second-order valence-corrected chi connectivity index (χ2v) is 3.05. The van der Waals surface area contributed by atoms with E-state index < -0.39 is 11.8 Å². The first-order valence-electron chi connectivity index (χ1n) is 4.41. The van der Waals surface area contributed by atoms with Crippen molar-refractivity contribution in [2.24, 2.45) is 11.7 Å². The van der Waals surface area contributed by atoms with Crippen LogP contribution in [0.15, 0.2) is 0 Å². The van der Waals surface area contributed by atoms with Crippen molar-refractivity contribution in [3.8, 4) is 0 Å². The van der Waals surface area contributed by atoms with E-state index in [1.54, 1.807) is 6.92 Å². The fraction of sp³-hybridized carbons (Fsp3) is 0.778. The Morgan fingerprint density at radius 1 is 1.33 bits per heavy atom. The number of carbonyl (C=O) groups excluding carboxylic acids is 2. The van der Waals surface area contributed by atoms with Crippen LogP contribution in [0.2, 0.25) is 0 Å². The number of hydrogen-bond donors (Lipinski definition) is 1. The van der Waals surface area contributed by atoms with E-state index in [0.29, 0.717) is 6.42 Å². The number of ketones is 1. The van der Waals surface area contributed by atoms with Crippen LogP contribution in [0.4, 0.5) is 0 Å². The molecule has 3 nitrogen and oxygen atoms in total. The van der Waals surface area contributed by atoms with Gasteiger partial charge in [-0.3, -0.25) is 9.59 Å². The van der Waals surface area contributed by atoms with Crippen LogP contribution in [0.25, 0.3) is 0 Å². The number of primary amides is 1. The molecule has 2 N–H and O–H groups in total. The molecule has 0 aliphatic heterocycles. The van der Waals surface area contributed by atoms with Gasteiger partial charge in [-0.05, 0) is 13.3 Å². The summed E-state index contributed by atoms with van der Waals surface area (Å²) in [5.41, 5.74) is 4.98. The minimum Gasteiger partial charge on any atom is -0.369 e. The average Bonchev–Trinajstić information content (AvgIpc) is 2.03. The lowest BCUT2D eigenvalue weighted by Crippen LogP contribution is -2.27. The zero-order valence-corrected chi connectivity index (χ0v) is 7.80. The van der Waals surface area contributed by atoms with Crippen molar-refractivity contribution in [2.45, 2.75) is 39.5 Å². The van der Waals surface area contributed by atoms with Crippen molar-refractivity contribution in [2.75, 3.05) is 0 Å². The molecule has 0 fully saturated rings. The fourth-order valence-electron chi connectivity index (χ4n) is 0.924. The SMILES string of the molecule is CCCCCC(=O)C(C)C(N)=O. The third-order valence-electron chi connectivity index (χ3n) is 1.94. The van der Waals surface area contributed by atoms with Gasteiger partial charge in [-0.1, -0.05) is 19.8 Å². The molecule has 0 aromatic heterocycles. The van der Waals surface area contributed by atoms with Gasteiger partial charge in [0.05, 0.1) is 5.92 Å². The number of rotatable bonds is 6. The van der Waals surface area contributed by atoms with Gasteiger partial charge in [0, 0.05) is 6.42 Å². The first kappa shape index (κ1) is 11.1. The Morgan fingerprint density at radius 2 is 1.92 bits per heavy atom. The molecular weight excluding hydrogens is 154 g/mol. The van der Waals surface area contributed by atoms with E-state index in [2.05, 4.69) is 6.92 Å². The fourth-order valence-corrected chi connectivity index (χ4v) is 0.924. The lowest BCUT2D eigenvalue weighted by atomic mass is 10.0. The summed E-state index contributed by atoms with van der Waals surface area (Å²) in [6.07, 6.45) is 3.47. The third-order valence-corrected chi connectivity index (χ3v) is 1.94. The normalized spacial score (nSPS) is 12.5. The molecular formula is C9H17NO2. The van der Waals surface area contributed by atoms with Gasteiger partial charge in [-0.2, -0.15) is 0 Å². The standard InChI is InChI=1S/C9H17NO2/c1-3-4-5-6-8(11)7(2)9(10)12/h7H,3-6H2,1-2H3,(H2,10,12). The Bertz CT molecular complexity index is 166. The van der Waals surface area contributed by atoms with Crippen LogP contribution < -0.4 is 5.73 Å². The summed E-state index contributed by atoms with van der Waals surface area (Å²) >= 11 is 0. The van der Waals surface area contributed by atoms with Crippen molar-refractivity contribution >= 4 is 11.7 Å². The Morgan fingerprint density at radius 3 is 2.33 bits per heavy atom. The van der Waals surface area contributed by atoms with E-state index in [9.17, 15) is 9.59 Å². The third kappa shape index (κ3) is 4.11. The summed E-state index contributed by atoms with van der Waals surface area (Å²) in [6.45, 7) is 3.64. The summed E-state index contributed by atoms with van der Waals surface area (Å²) in [6, 6.07) is 0. The van der Waals surface area contributed by atoms with Crippen molar-refractivity contribution in [3.63, 3.8) is 0 Å². The van der Waals surface area contributed by atoms with Crippen molar-refractivity contribution in [3.05, 3.63) is 0 Å². The molecule has 0 aliphatic rings. The van der Waals surface area contributed by atoms with E-state index in [1.165, 1.54) is 0 Å². The summed E-state index contributed by atoms with van der Waals surface area (Å²) in [5, 5.41) is 0. The number of unbranched alkanes of at least 4 members (excludes halogenated alkanes) is 2. The summed E-state index contributed by atoms with van der Waals surface area (Å²) in [5.74, 6) is -1.16. The molecule has 3 heteroatoms. The van der Waals surface area contributed by atoms with E-state index in [4.69, 9.17) is 5.73 Å². The average molecular weight is 171 g/mol. The predicted octanol–water partition coefficient (Wildman–Crippen LogP) is 1.26. The highest BCUT2D eigenvalue weighted by atomic mass is 16.2. The first-order valence-corrected chi connectivity index (χ1v) is 4.41. The molecule has 0 saturated heterocycles. The number of carbonyl (C=O) groups is 2. The van der Waals surface area contributed by atoms with Crippen molar-refractivity contribution in [1.29, 1.82) is 0 Å². The highest BCUT2D eigenvalue weighted by Gasteiger charge is 2.17. The van der Waals surface area contributed by atoms with E-state index in [-0.39, 0.29) is 5.78 Å². The second kappa shape index (κ2) is 5.75. The monoisotopic (exact) mass is 171 g/mol. The maximum Gasteiger partial charge on any atom is 0.227 e. The van der Waals surface area contributed by atoms with Gasteiger partial charge in [0.2, 0.25) is 5.91 Å². The molecule has 0 saturated carbocycles. The number of hydrogen-bond acceptors (Lipinski definition) is 2. The van der Waals surface area contributed by atoms with Crippen LogP contribution in [0.5, 0.6) is 0 Å². The Hall–Kier alpha value is -0.860.